The van der Waals surface area contributed by atoms with Crippen LogP contribution in [0.5, 0.6) is 0 Å². The highest BCUT2D eigenvalue weighted by Gasteiger charge is 2.61. The zero-order valence-corrected chi connectivity index (χ0v) is 12.4. The number of imide groups is 1. The highest BCUT2D eigenvalue weighted by Crippen LogP contribution is 2.40. The van der Waals surface area contributed by atoms with Crippen molar-refractivity contribution >= 4 is 29.2 Å². The number of benzene rings is 1. The van der Waals surface area contributed by atoms with E-state index in [4.69, 9.17) is 0 Å². The fraction of sp³-hybridized carbons (Fsp3) is 0.286. The number of amides is 2. The molecule has 9 nitrogen and oxygen atoms in total. The van der Waals surface area contributed by atoms with Gasteiger partial charge in [0.25, 0.3) is 5.91 Å². The second kappa shape index (κ2) is 5.48. The molecule has 1 atom stereocenters. The summed E-state index contributed by atoms with van der Waals surface area (Å²) in [4.78, 5) is 48.6. The summed E-state index contributed by atoms with van der Waals surface area (Å²) in [6.07, 6.45) is -0.674. The number of hydrogen-bond acceptors (Lipinski definition) is 7. The van der Waals surface area contributed by atoms with Crippen LogP contribution in [0.25, 0.3) is 0 Å². The molecule has 124 valence electrons. The van der Waals surface area contributed by atoms with Gasteiger partial charge >= 0.3 is 5.97 Å². The fourth-order valence-electron chi connectivity index (χ4n) is 2.79. The maximum absolute atomic E-state index is 13.0. The molecule has 10 heteroatoms. The minimum Gasteiger partial charge on any atom is -0.464 e. The van der Waals surface area contributed by atoms with Crippen molar-refractivity contribution in [3.63, 3.8) is 0 Å². The molecule has 1 aromatic carbocycles. The molecule has 3 rings (SSSR count). The van der Waals surface area contributed by atoms with Crippen molar-refractivity contribution in [1.82, 2.24) is 5.12 Å². The van der Waals surface area contributed by atoms with Crippen LogP contribution in [-0.2, 0) is 19.1 Å². The molecule has 2 heterocycles. The lowest BCUT2D eigenvalue weighted by molar-refractivity contribution is -0.132. The summed E-state index contributed by atoms with van der Waals surface area (Å²) >= 11 is 0. The van der Waals surface area contributed by atoms with Gasteiger partial charge in [-0.2, -0.15) is 0 Å². The molecule has 0 aromatic heterocycles. The van der Waals surface area contributed by atoms with Crippen molar-refractivity contribution < 1.29 is 23.5 Å². The fourth-order valence-corrected chi connectivity index (χ4v) is 2.79. The highest BCUT2D eigenvalue weighted by molar-refractivity contribution is 6.39. The largest absolute Gasteiger partial charge is 0.464 e. The number of hydrogen-bond donors (Lipinski definition) is 0. The number of carbonyl (C=O) groups excluding carboxylic acids is 3. The van der Waals surface area contributed by atoms with Gasteiger partial charge in [0.05, 0.1) is 24.5 Å². The van der Waals surface area contributed by atoms with E-state index in [1.165, 1.54) is 12.1 Å². The van der Waals surface area contributed by atoms with Crippen LogP contribution in [0, 0.1) is 10.7 Å². The van der Waals surface area contributed by atoms with Crippen LogP contribution in [-0.4, -0.2) is 41.3 Å². The van der Waals surface area contributed by atoms with Crippen LogP contribution >= 0.6 is 0 Å². The molecule has 1 aromatic rings. The summed E-state index contributed by atoms with van der Waals surface area (Å²) in [5, 5.41) is 6.85. The first-order chi connectivity index (χ1) is 11.4. The third kappa shape index (κ3) is 2.14. The van der Waals surface area contributed by atoms with E-state index in [1.54, 1.807) is 0 Å². The van der Waals surface area contributed by atoms with E-state index in [-0.39, 0.29) is 24.2 Å². The molecule has 0 saturated carbocycles. The first kappa shape index (κ1) is 15.7. The quantitative estimate of drug-likeness (QED) is 0.458. The van der Waals surface area contributed by atoms with E-state index in [0.717, 1.165) is 24.1 Å². The Balaban J connectivity index is 1.97. The van der Waals surface area contributed by atoms with Crippen LogP contribution in [0.4, 0.5) is 10.1 Å². The molecule has 2 aliphatic heterocycles. The molecule has 0 N–H and O–H groups in total. The maximum atomic E-state index is 13.0. The van der Waals surface area contributed by atoms with Crippen molar-refractivity contribution in [1.29, 1.82) is 0 Å². The van der Waals surface area contributed by atoms with E-state index < -0.39 is 29.1 Å². The number of hydrazone groups is 1. The predicted molar refractivity (Wildman–Crippen MR) is 77.9 cm³/mol. The van der Waals surface area contributed by atoms with Crippen LogP contribution in [0.2, 0.25) is 0 Å². The Labute approximate surface area is 134 Å². The third-order valence-electron chi connectivity index (χ3n) is 3.94. The highest BCUT2D eigenvalue weighted by atomic mass is 19.1. The van der Waals surface area contributed by atoms with Gasteiger partial charge in [-0.15, -0.1) is 15.1 Å². The Morgan fingerprint density at radius 1 is 1.29 bits per heavy atom. The number of anilines is 1. The molecular formula is C14H11FN4O5. The molecule has 0 bridgehead atoms. The summed E-state index contributed by atoms with van der Waals surface area (Å²) in [6, 6.07) is 4.73. The number of ether oxygens (including phenoxy) is 1. The topological polar surface area (TPSA) is 109 Å². The average Bonchev–Trinajstić information content (AvgIpc) is 3.06. The molecule has 2 amide bonds. The number of methoxy groups -OCH3 is 1. The lowest BCUT2D eigenvalue weighted by Gasteiger charge is -2.24. The Morgan fingerprint density at radius 3 is 2.54 bits per heavy atom. The van der Waals surface area contributed by atoms with Gasteiger partial charge in [0, 0.05) is 6.42 Å². The van der Waals surface area contributed by atoms with Gasteiger partial charge in [0.2, 0.25) is 5.91 Å². The second-order valence-corrected chi connectivity index (χ2v) is 5.31. The summed E-state index contributed by atoms with van der Waals surface area (Å²) < 4.78 is 17.6. The van der Waals surface area contributed by atoms with E-state index in [2.05, 4.69) is 15.1 Å². The summed E-state index contributed by atoms with van der Waals surface area (Å²) in [5.41, 5.74) is -1.73. The number of nitrogens with zero attached hydrogens (tertiary/aromatic N) is 4. The Morgan fingerprint density at radius 2 is 1.96 bits per heavy atom. The third-order valence-corrected chi connectivity index (χ3v) is 3.94. The standard InChI is InChI=1S/C14H11FN4O5/c1-24-12(21)10-6-14(19(16-10)17-23)7-11(20)18(13(14)22)9-4-2-8(15)3-5-9/h2-5H,6-7H2,1H3/t14-/m1/s1. The first-order valence-corrected chi connectivity index (χ1v) is 6.85. The number of nitroso groups, excluding NO2 is 1. The van der Waals surface area contributed by atoms with Crippen molar-refractivity contribution in [2.24, 2.45) is 10.4 Å². The minimum atomic E-state index is -1.70. The molecule has 2 aliphatic rings. The maximum Gasteiger partial charge on any atom is 0.354 e. The van der Waals surface area contributed by atoms with Gasteiger partial charge in [0.15, 0.2) is 11.3 Å². The Bertz CT molecular complexity index is 778. The molecule has 1 fully saturated rings. The molecule has 24 heavy (non-hydrogen) atoms. The van der Waals surface area contributed by atoms with E-state index >= 15 is 0 Å². The van der Waals surface area contributed by atoms with E-state index in [9.17, 15) is 23.7 Å². The minimum absolute atomic E-state index is 0.153. The Hall–Kier alpha value is -3.17. The molecule has 1 spiro atoms. The lowest BCUT2D eigenvalue weighted by atomic mass is 9.92. The number of esters is 1. The average molecular weight is 334 g/mol. The Kier molecular flexibility index (Phi) is 3.59. The number of halogens is 1. The van der Waals surface area contributed by atoms with Crippen molar-refractivity contribution in [2.75, 3.05) is 12.0 Å². The summed E-state index contributed by atoms with van der Waals surface area (Å²) in [7, 11) is 1.13. The van der Waals surface area contributed by atoms with Gasteiger partial charge in [-0.05, 0) is 24.3 Å². The van der Waals surface area contributed by atoms with Crippen LogP contribution in [0.3, 0.4) is 0 Å². The molecule has 0 aliphatic carbocycles. The monoisotopic (exact) mass is 334 g/mol. The number of carbonyl (C=O) groups is 3. The first-order valence-electron chi connectivity index (χ1n) is 6.85. The molecule has 1 saturated heterocycles. The molecule has 0 unspecified atom stereocenters. The smallest absolute Gasteiger partial charge is 0.354 e. The predicted octanol–water partition coefficient (Wildman–Crippen LogP) is 0.744. The van der Waals surface area contributed by atoms with Gasteiger partial charge in [-0.25, -0.2) is 14.1 Å². The zero-order chi connectivity index (χ0) is 17.5. The summed E-state index contributed by atoms with van der Waals surface area (Å²) in [6.45, 7) is 0. The van der Waals surface area contributed by atoms with Crippen LogP contribution in [0.1, 0.15) is 12.8 Å². The van der Waals surface area contributed by atoms with Crippen LogP contribution in [0.15, 0.2) is 34.7 Å². The van der Waals surface area contributed by atoms with Gasteiger partial charge in [-0.1, -0.05) is 0 Å². The van der Waals surface area contributed by atoms with E-state index in [0.29, 0.717) is 5.12 Å². The van der Waals surface area contributed by atoms with Crippen molar-refractivity contribution in [3.8, 4) is 0 Å². The van der Waals surface area contributed by atoms with Crippen molar-refractivity contribution in [2.45, 2.75) is 18.4 Å². The summed E-state index contributed by atoms with van der Waals surface area (Å²) in [5.74, 6) is -2.72. The second-order valence-electron chi connectivity index (χ2n) is 5.31. The lowest BCUT2D eigenvalue weighted by Crippen LogP contribution is -2.48. The zero-order valence-electron chi connectivity index (χ0n) is 12.4. The SMILES string of the molecule is COC(=O)C1=NN(N=O)[C@@]2(CC(=O)N(c3ccc(F)cc3)C2=O)C1. The van der Waals surface area contributed by atoms with Gasteiger partial charge in [-0.3, -0.25) is 9.59 Å². The van der Waals surface area contributed by atoms with Crippen molar-refractivity contribution in [3.05, 3.63) is 35.0 Å². The van der Waals surface area contributed by atoms with Gasteiger partial charge < -0.3 is 4.74 Å². The van der Waals surface area contributed by atoms with Gasteiger partial charge in [0.1, 0.15) is 5.82 Å². The van der Waals surface area contributed by atoms with Crippen LogP contribution < -0.4 is 4.90 Å². The normalized spacial score (nSPS) is 23.0. The number of rotatable bonds is 3. The molecule has 0 radical (unpaired) electrons. The molecular weight excluding hydrogens is 323 g/mol. The van der Waals surface area contributed by atoms with E-state index in [1.807, 2.05) is 0 Å².